The normalized spacial score (nSPS) is 11.8. The summed E-state index contributed by atoms with van der Waals surface area (Å²) in [5, 5.41) is 6.71. The number of hydrogen-bond acceptors (Lipinski definition) is 4. The van der Waals surface area contributed by atoms with E-state index in [4.69, 9.17) is 9.73 Å². The van der Waals surface area contributed by atoms with E-state index in [1.165, 1.54) is 5.56 Å². The SMILES string of the molecule is CCNC(=NCc1nccn1Cc1ccccc1)NCCN(C)CCCOC. The third-order valence-electron chi connectivity index (χ3n) is 4.39. The van der Waals surface area contributed by atoms with Gasteiger partial charge in [0.1, 0.15) is 12.4 Å². The predicted octanol–water partition coefficient (Wildman–Crippen LogP) is 1.95. The minimum absolute atomic E-state index is 0.541. The van der Waals surface area contributed by atoms with Crippen LogP contribution in [0.2, 0.25) is 0 Å². The Labute approximate surface area is 168 Å². The average molecular weight is 387 g/mol. The zero-order valence-corrected chi connectivity index (χ0v) is 17.4. The molecule has 0 radical (unpaired) electrons. The van der Waals surface area contributed by atoms with E-state index >= 15 is 0 Å². The van der Waals surface area contributed by atoms with Gasteiger partial charge in [0.05, 0.1) is 0 Å². The van der Waals surface area contributed by atoms with Crippen molar-refractivity contribution >= 4 is 5.96 Å². The lowest BCUT2D eigenvalue weighted by molar-refractivity contribution is 0.180. The second kappa shape index (κ2) is 12.9. The van der Waals surface area contributed by atoms with Crippen molar-refractivity contribution in [3.05, 3.63) is 54.1 Å². The van der Waals surface area contributed by atoms with Crippen LogP contribution in [0.15, 0.2) is 47.7 Å². The molecule has 1 aromatic heterocycles. The molecule has 2 N–H and O–H groups in total. The number of benzene rings is 1. The van der Waals surface area contributed by atoms with Crippen molar-refractivity contribution in [1.29, 1.82) is 0 Å². The zero-order valence-electron chi connectivity index (χ0n) is 17.4. The Hall–Kier alpha value is -2.38. The van der Waals surface area contributed by atoms with Crippen LogP contribution in [-0.2, 0) is 17.8 Å². The molecule has 0 fully saturated rings. The highest BCUT2D eigenvalue weighted by atomic mass is 16.5. The second-order valence-corrected chi connectivity index (χ2v) is 6.73. The number of nitrogens with one attached hydrogen (secondary N) is 2. The van der Waals surface area contributed by atoms with Gasteiger partial charge in [-0.1, -0.05) is 30.3 Å². The molecule has 1 heterocycles. The lowest BCUT2D eigenvalue weighted by atomic mass is 10.2. The van der Waals surface area contributed by atoms with E-state index in [0.29, 0.717) is 6.54 Å². The van der Waals surface area contributed by atoms with Crippen molar-refractivity contribution in [3.63, 3.8) is 0 Å². The number of methoxy groups -OCH3 is 1. The van der Waals surface area contributed by atoms with Crippen molar-refractivity contribution in [2.75, 3.05) is 46.9 Å². The number of imidazole rings is 1. The van der Waals surface area contributed by atoms with E-state index in [0.717, 1.165) is 57.5 Å². The summed E-state index contributed by atoms with van der Waals surface area (Å²) in [6.07, 6.45) is 4.89. The summed E-state index contributed by atoms with van der Waals surface area (Å²) in [6, 6.07) is 10.4. The predicted molar refractivity (Wildman–Crippen MR) is 115 cm³/mol. The van der Waals surface area contributed by atoms with Crippen LogP contribution in [-0.4, -0.2) is 67.4 Å². The topological polar surface area (TPSA) is 66.7 Å². The summed E-state index contributed by atoms with van der Waals surface area (Å²) < 4.78 is 7.25. The highest BCUT2D eigenvalue weighted by Gasteiger charge is 2.05. The fraction of sp³-hybridized carbons (Fsp3) is 0.524. The van der Waals surface area contributed by atoms with Gasteiger partial charge in [0.15, 0.2) is 5.96 Å². The number of hydrogen-bond donors (Lipinski definition) is 2. The first kappa shape index (κ1) is 21.9. The molecule has 2 aromatic rings. The van der Waals surface area contributed by atoms with Crippen LogP contribution in [0.5, 0.6) is 0 Å². The molecule has 0 saturated carbocycles. The molecular weight excluding hydrogens is 352 g/mol. The fourth-order valence-corrected chi connectivity index (χ4v) is 2.86. The van der Waals surface area contributed by atoms with Gasteiger partial charge in [0.25, 0.3) is 0 Å². The Morgan fingerprint density at radius 3 is 2.79 bits per heavy atom. The van der Waals surface area contributed by atoms with Crippen LogP contribution in [0.3, 0.4) is 0 Å². The number of aliphatic imine (C=N–C) groups is 1. The number of ether oxygens (including phenoxy) is 1. The first-order valence-electron chi connectivity index (χ1n) is 9.96. The van der Waals surface area contributed by atoms with Crippen LogP contribution in [0.4, 0.5) is 0 Å². The summed E-state index contributed by atoms with van der Waals surface area (Å²) in [4.78, 5) is 11.5. The number of guanidine groups is 1. The zero-order chi connectivity index (χ0) is 20.0. The van der Waals surface area contributed by atoms with Gasteiger partial charge in [-0.3, -0.25) is 0 Å². The number of rotatable bonds is 12. The van der Waals surface area contributed by atoms with E-state index in [9.17, 15) is 0 Å². The molecule has 1 aromatic carbocycles. The van der Waals surface area contributed by atoms with Crippen LogP contribution in [0.1, 0.15) is 24.7 Å². The van der Waals surface area contributed by atoms with Crippen molar-refractivity contribution in [3.8, 4) is 0 Å². The van der Waals surface area contributed by atoms with E-state index in [1.54, 1.807) is 7.11 Å². The van der Waals surface area contributed by atoms with Gasteiger partial charge in [0, 0.05) is 58.8 Å². The van der Waals surface area contributed by atoms with Gasteiger partial charge >= 0.3 is 0 Å². The molecule has 0 aliphatic heterocycles. The van der Waals surface area contributed by atoms with Crippen molar-refractivity contribution < 1.29 is 4.74 Å². The van der Waals surface area contributed by atoms with Crippen molar-refractivity contribution in [1.82, 2.24) is 25.1 Å². The summed E-state index contributed by atoms with van der Waals surface area (Å²) in [5.74, 6) is 1.78. The molecule has 0 spiro atoms. The van der Waals surface area contributed by atoms with E-state index < -0.39 is 0 Å². The van der Waals surface area contributed by atoms with Crippen LogP contribution >= 0.6 is 0 Å². The van der Waals surface area contributed by atoms with E-state index in [1.807, 2.05) is 18.5 Å². The van der Waals surface area contributed by atoms with Gasteiger partial charge in [-0.25, -0.2) is 9.98 Å². The molecular formula is C21H34N6O. The third kappa shape index (κ3) is 8.10. The highest BCUT2D eigenvalue weighted by Crippen LogP contribution is 2.06. The van der Waals surface area contributed by atoms with Gasteiger partial charge in [0.2, 0.25) is 0 Å². The molecule has 0 unspecified atom stereocenters. The van der Waals surface area contributed by atoms with Crippen LogP contribution in [0.25, 0.3) is 0 Å². The molecule has 0 atom stereocenters. The fourth-order valence-electron chi connectivity index (χ4n) is 2.86. The molecule has 0 aliphatic rings. The maximum atomic E-state index is 5.10. The van der Waals surface area contributed by atoms with Gasteiger partial charge in [-0.05, 0) is 26.0 Å². The summed E-state index contributed by atoms with van der Waals surface area (Å²) in [6.45, 7) is 7.88. The Balaban J connectivity index is 1.84. The largest absolute Gasteiger partial charge is 0.385 e. The molecule has 7 heteroatoms. The maximum absolute atomic E-state index is 5.10. The van der Waals surface area contributed by atoms with E-state index in [2.05, 4.69) is 63.3 Å². The first-order valence-corrected chi connectivity index (χ1v) is 9.96. The molecule has 28 heavy (non-hydrogen) atoms. The van der Waals surface area contributed by atoms with Gasteiger partial charge in [-0.15, -0.1) is 0 Å². The molecule has 0 aliphatic carbocycles. The average Bonchev–Trinajstić information content (AvgIpc) is 3.14. The maximum Gasteiger partial charge on any atom is 0.191 e. The molecule has 0 bridgehead atoms. The van der Waals surface area contributed by atoms with Crippen LogP contribution < -0.4 is 10.6 Å². The highest BCUT2D eigenvalue weighted by molar-refractivity contribution is 5.79. The van der Waals surface area contributed by atoms with Crippen LogP contribution in [0, 0.1) is 0 Å². The third-order valence-corrected chi connectivity index (χ3v) is 4.39. The molecule has 0 amide bonds. The Morgan fingerprint density at radius 2 is 2.04 bits per heavy atom. The Bertz CT molecular complexity index is 685. The lowest BCUT2D eigenvalue weighted by Gasteiger charge is -2.18. The lowest BCUT2D eigenvalue weighted by Crippen LogP contribution is -2.41. The molecule has 2 rings (SSSR count). The number of aromatic nitrogens is 2. The van der Waals surface area contributed by atoms with Gasteiger partial charge in [-0.2, -0.15) is 0 Å². The minimum atomic E-state index is 0.541. The Morgan fingerprint density at radius 1 is 1.21 bits per heavy atom. The monoisotopic (exact) mass is 386 g/mol. The second-order valence-electron chi connectivity index (χ2n) is 6.73. The summed E-state index contributed by atoms with van der Waals surface area (Å²) >= 11 is 0. The smallest absolute Gasteiger partial charge is 0.191 e. The minimum Gasteiger partial charge on any atom is -0.385 e. The summed E-state index contributed by atoms with van der Waals surface area (Å²) in [5.41, 5.74) is 1.26. The standard InChI is InChI=1S/C21H34N6O/c1-4-22-21(24-11-14-26(2)13-8-16-28-3)25-17-20-23-12-15-27(20)18-19-9-6-5-7-10-19/h5-7,9-10,12,15H,4,8,11,13-14,16-18H2,1-3H3,(H2,22,24,25). The number of nitrogens with zero attached hydrogens (tertiary/aromatic N) is 4. The van der Waals surface area contributed by atoms with Gasteiger partial charge < -0.3 is 24.8 Å². The molecule has 0 saturated heterocycles. The quantitative estimate of drug-likeness (QED) is 0.332. The van der Waals surface area contributed by atoms with Crippen molar-refractivity contribution in [2.45, 2.75) is 26.4 Å². The first-order chi connectivity index (χ1) is 13.7. The van der Waals surface area contributed by atoms with E-state index in [-0.39, 0.29) is 0 Å². The van der Waals surface area contributed by atoms with Crippen molar-refractivity contribution in [2.24, 2.45) is 4.99 Å². The number of likely N-dealkylation sites (N-methyl/N-ethyl adjacent to an activating group) is 1. The Kier molecular flexibility index (Phi) is 10.1. The molecule has 7 nitrogen and oxygen atoms in total. The summed E-state index contributed by atoms with van der Waals surface area (Å²) in [7, 11) is 3.87. The molecule has 154 valence electrons.